The molecule has 3 N–H and O–H groups in total. The lowest BCUT2D eigenvalue weighted by Gasteiger charge is -2.29. The summed E-state index contributed by atoms with van der Waals surface area (Å²) in [7, 11) is 0. The van der Waals surface area contributed by atoms with Crippen LogP contribution >= 0.6 is 11.3 Å². The number of carbonyl (C=O) groups excluding carboxylic acids is 2. The van der Waals surface area contributed by atoms with Crippen LogP contribution in [0.3, 0.4) is 0 Å². The zero-order valence-corrected chi connectivity index (χ0v) is 24.6. The van der Waals surface area contributed by atoms with Gasteiger partial charge in [0.25, 0.3) is 11.8 Å². The van der Waals surface area contributed by atoms with Crippen molar-refractivity contribution < 1.29 is 23.5 Å². The Kier molecular flexibility index (Phi) is 8.64. The second-order valence-electron chi connectivity index (χ2n) is 11.2. The molecule has 224 valence electrons. The number of benzene rings is 2. The molecule has 5 atom stereocenters. The maximum absolute atomic E-state index is 14.0. The monoisotopic (exact) mass is 603 g/mol. The number of thiazole rings is 1. The van der Waals surface area contributed by atoms with E-state index in [-0.39, 0.29) is 36.4 Å². The van der Waals surface area contributed by atoms with Crippen LogP contribution in [0.15, 0.2) is 70.8 Å². The number of rotatable bonds is 9. The molecule has 11 heteroatoms. The Morgan fingerprint density at radius 3 is 2.74 bits per heavy atom. The van der Waals surface area contributed by atoms with Crippen LogP contribution in [0.5, 0.6) is 0 Å². The minimum atomic E-state index is -1.05. The lowest BCUT2D eigenvalue weighted by Crippen LogP contribution is -2.52. The summed E-state index contributed by atoms with van der Waals surface area (Å²) in [6.45, 7) is 2.68. The normalized spacial score (nSPS) is 21.6. The SMILES string of the molecule is Cc1csc(C2CCCN2C(=O)c2cc(C(=O)NC(Cc3ccccc3)C(O)C3CC(F)CN3)cc(-c3ncco3)c2)n1. The number of hydrogen-bond donors (Lipinski definition) is 3. The molecule has 4 aromatic rings. The summed E-state index contributed by atoms with van der Waals surface area (Å²) in [4.78, 5) is 38.5. The van der Waals surface area contributed by atoms with Crippen molar-refractivity contribution in [2.45, 2.75) is 63.0 Å². The lowest BCUT2D eigenvalue weighted by atomic mass is 9.94. The van der Waals surface area contributed by atoms with Crippen molar-refractivity contribution in [1.82, 2.24) is 25.5 Å². The van der Waals surface area contributed by atoms with Crippen molar-refractivity contribution in [3.05, 3.63) is 93.8 Å². The fourth-order valence-electron chi connectivity index (χ4n) is 5.97. The van der Waals surface area contributed by atoms with Crippen LogP contribution in [0.25, 0.3) is 11.5 Å². The van der Waals surface area contributed by atoms with E-state index in [2.05, 4.69) is 20.6 Å². The molecule has 9 nitrogen and oxygen atoms in total. The molecule has 5 unspecified atom stereocenters. The Morgan fingerprint density at radius 1 is 1.23 bits per heavy atom. The Hall–Kier alpha value is -3.93. The topological polar surface area (TPSA) is 121 Å². The summed E-state index contributed by atoms with van der Waals surface area (Å²) < 4.78 is 19.5. The zero-order chi connectivity index (χ0) is 29.9. The number of aliphatic hydroxyl groups excluding tert-OH is 1. The highest BCUT2D eigenvalue weighted by molar-refractivity contribution is 7.09. The summed E-state index contributed by atoms with van der Waals surface area (Å²) in [6.07, 6.45) is 3.03. The van der Waals surface area contributed by atoms with E-state index in [0.29, 0.717) is 24.1 Å². The van der Waals surface area contributed by atoms with E-state index in [1.165, 1.54) is 12.5 Å². The fourth-order valence-corrected chi connectivity index (χ4v) is 6.91. The number of halogens is 1. The number of amides is 2. The van der Waals surface area contributed by atoms with Gasteiger partial charge in [0.2, 0.25) is 5.89 Å². The minimum absolute atomic E-state index is 0.127. The molecule has 0 bridgehead atoms. The molecular formula is C32H34FN5O4S. The van der Waals surface area contributed by atoms with Crippen LogP contribution < -0.4 is 10.6 Å². The van der Waals surface area contributed by atoms with Gasteiger partial charge in [-0.25, -0.2) is 14.4 Å². The molecule has 0 aliphatic carbocycles. The van der Waals surface area contributed by atoms with Gasteiger partial charge >= 0.3 is 0 Å². The van der Waals surface area contributed by atoms with E-state index in [9.17, 15) is 19.1 Å². The average molecular weight is 604 g/mol. The number of hydrogen-bond acceptors (Lipinski definition) is 8. The van der Waals surface area contributed by atoms with Gasteiger partial charge in [-0.3, -0.25) is 9.59 Å². The van der Waals surface area contributed by atoms with E-state index in [1.807, 2.05) is 47.5 Å². The fraction of sp³-hybridized carbons (Fsp3) is 0.375. The van der Waals surface area contributed by atoms with Gasteiger partial charge in [-0.05, 0) is 56.4 Å². The quantitative estimate of drug-likeness (QED) is 0.258. The third kappa shape index (κ3) is 6.53. The predicted molar refractivity (Wildman–Crippen MR) is 161 cm³/mol. The van der Waals surface area contributed by atoms with Gasteiger partial charge < -0.3 is 25.1 Å². The largest absolute Gasteiger partial charge is 0.445 e. The van der Waals surface area contributed by atoms with Crippen molar-refractivity contribution in [3.63, 3.8) is 0 Å². The van der Waals surface area contributed by atoms with E-state index >= 15 is 0 Å². The Bertz CT molecular complexity index is 1560. The van der Waals surface area contributed by atoms with Gasteiger partial charge in [0.1, 0.15) is 17.4 Å². The van der Waals surface area contributed by atoms with Crippen LogP contribution in [0.1, 0.15) is 62.3 Å². The van der Waals surface area contributed by atoms with E-state index < -0.39 is 30.3 Å². The molecule has 2 amide bonds. The van der Waals surface area contributed by atoms with Gasteiger partial charge in [-0.2, -0.15) is 0 Å². The molecule has 4 heterocycles. The van der Waals surface area contributed by atoms with Crippen molar-refractivity contribution in [2.24, 2.45) is 0 Å². The molecule has 43 heavy (non-hydrogen) atoms. The molecule has 0 radical (unpaired) electrons. The maximum atomic E-state index is 14.0. The minimum Gasteiger partial charge on any atom is -0.445 e. The molecular weight excluding hydrogens is 569 g/mol. The molecule has 2 fully saturated rings. The number of alkyl halides is 1. The Morgan fingerprint density at radius 2 is 2.05 bits per heavy atom. The van der Waals surface area contributed by atoms with Crippen molar-refractivity contribution in [1.29, 1.82) is 0 Å². The number of aryl methyl sites for hydroxylation is 1. The lowest BCUT2D eigenvalue weighted by molar-refractivity contribution is 0.0728. The highest BCUT2D eigenvalue weighted by atomic mass is 32.1. The first-order chi connectivity index (χ1) is 20.9. The highest BCUT2D eigenvalue weighted by Gasteiger charge is 2.36. The highest BCUT2D eigenvalue weighted by Crippen LogP contribution is 2.35. The summed E-state index contributed by atoms with van der Waals surface area (Å²) in [5.41, 5.74) is 2.89. The first kappa shape index (κ1) is 29.2. The van der Waals surface area contributed by atoms with Crippen molar-refractivity contribution in [2.75, 3.05) is 13.1 Å². The van der Waals surface area contributed by atoms with Crippen LogP contribution in [0.2, 0.25) is 0 Å². The number of oxazole rings is 1. The van der Waals surface area contributed by atoms with E-state index in [1.54, 1.807) is 29.5 Å². The van der Waals surface area contributed by atoms with Crippen LogP contribution in [-0.4, -0.2) is 69.2 Å². The predicted octanol–water partition coefficient (Wildman–Crippen LogP) is 4.49. The molecule has 0 spiro atoms. The molecule has 6 rings (SSSR count). The van der Waals surface area contributed by atoms with E-state index in [0.717, 1.165) is 29.1 Å². The number of carbonyl (C=O) groups is 2. The van der Waals surface area contributed by atoms with Gasteiger partial charge in [0, 0.05) is 46.9 Å². The number of aromatic nitrogens is 2. The number of likely N-dealkylation sites (tertiary alicyclic amines) is 1. The third-order valence-electron chi connectivity index (χ3n) is 8.11. The van der Waals surface area contributed by atoms with Crippen molar-refractivity contribution >= 4 is 23.2 Å². The first-order valence-corrected chi connectivity index (χ1v) is 15.4. The van der Waals surface area contributed by atoms with Crippen LogP contribution in [-0.2, 0) is 6.42 Å². The second kappa shape index (κ2) is 12.7. The number of nitrogens with zero attached hydrogens (tertiary/aromatic N) is 3. The molecule has 0 saturated carbocycles. The standard InChI is InChI=1S/C32H34FN5O4S/c1-19-18-43-31(36-19)27-8-5-10-38(27)32(41)23-14-21(13-22(15-23)30-34-9-11-42-30)29(40)37-26(12-20-6-3-2-4-7-20)28(39)25-16-24(33)17-35-25/h2-4,6-7,9,11,13-15,18,24-28,35,39H,5,8,10,12,16-17H2,1H3,(H,37,40). The second-order valence-corrected chi connectivity index (χ2v) is 12.1. The molecule has 2 aromatic carbocycles. The van der Waals surface area contributed by atoms with Crippen LogP contribution in [0, 0.1) is 6.92 Å². The summed E-state index contributed by atoms with van der Waals surface area (Å²) in [6, 6.07) is 13.1. The zero-order valence-electron chi connectivity index (χ0n) is 23.8. The van der Waals surface area contributed by atoms with Gasteiger partial charge in [0.15, 0.2) is 0 Å². The van der Waals surface area contributed by atoms with Crippen LogP contribution in [0.4, 0.5) is 4.39 Å². The first-order valence-electron chi connectivity index (χ1n) is 14.5. The van der Waals surface area contributed by atoms with Gasteiger partial charge in [0.05, 0.1) is 24.4 Å². The van der Waals surface area contributed by atoms with Crippen molar-refractivity contribution in [3.8, 4) is 11.5 Å². The maximum Gasteiger partial charge on any atom is 0.254 e. The Labute approximate surface area is 253 Å². The summed E-state index contributed by atoms with van der Waals surface area (Å²) in [5.74, 6) is -0.393. The van der Waals surface area contributed by atoms with E-state index in [4.69, 9.17) is 4.42 Å². The number of nitrogens with one attached hydrogen (secondary N) is 2. The molecule has 2 aliphatic rings. The molecule has 2 aromatic heterocycles. The summed E-state index contributed by atoms with van der Waals surface area (Å²) >= 11 is 1.55. The smallest absolute Gasteiger partial charge is 0.254 e. The third-order valence-corrected chi connectivity index (χ3v) is 9.17. The molecule has 2 aliphatic heterocycles. The molecule has 2 saturated heterocycles. The Balaban J connectivity index is 1.30. The van der Waals surface area contributed by atoms with Gasteiger partial charge in [-0.1, -0.05) is 30.3 Å². The van der Waals surface area contributed by atoms with Gasteiger partial charge in [-0.15, -0.1) is 11.3 Å². The number of aliphatic hydroxyl groups is 1. The average Bonchev–Trinajstić information content (AvgIpc) is 3.84. The summed E-state index contributed by atoms with van der Waals surface area (Å²) in [5, 5.41) is 20.2.